The van der Waals surface area contributed by atoms with Gasteiger partial charge in [0.05, 0.1) is 13.7 Å². The zero-order chi connectivity index (χ0) is 16.9. The van der Waals surface area contributed by atoms with E-state index in [0.29, 0.717) is 12.4 Å². The second kappa shape index (κ2) is 7.13. The van der Waals surface area contributed by atoms with E-state index in [1.807, 2.05) is 57.2 Å². The molecule has 0 saturated heterocycles. The van der Waals surface area contributed by atoms with E-state index in [4.69, 9.17) is 9.47 Å². The maximum absolute atomic E-state index is 12.5. The minimum absolute atomic E-state index is 0.371. The third kappa shape index (κ3) is 4.98. The van der Waals surface area contributed by atoms with Gasteiger partial charge < -0.3 is 9.47 Å². The second-order valence-corrected chi connectivity index (χ2v) is 6.10. The second-order valence-electron chi connectivity index (χ2n) is 6.10. The number of ether oxygens (including phenoxy) is 2. The zero-order valence-electron chi connectivity index (χ0n) is 13.9. The Labute approximate surface area is 136 Å². The molecule has 0 bridgehead atoms. The van der Waals surface area contributed by atoms with Gasteiger partial charge >= 0.3 is 6.09 Å². The first-order valence-electron chi connectivity index (χ1n) is 7.43. The van der Waals surface area contributed by atoms with Crippen LogP contribution in [0.3, 0.4) is 0 Å². The quantitative estimate of drug-likeness (QED) is 0.855. The summed E-state index contributed by atoms with van der Waals surface area (Å²) in [6, 6.07) is 13.0. The van der Waals surface area contributed by atoms with Crippen molar-refractivity contribution in [2.75, 3.05) is 12.0 Å². The minimum Gasteiger partial charge on any atom is -0.497 e. The molecule has 5 nitrogen and oxygen atoms in total. The van der Waals surface area contributed by atoms with Crippen molar-refractivity contribution in [2.45, 2.75) is 32.9 Å². The molecule has 0 aliphatic heterocycles. The lowest BCUT2D eigenvalue weighted by Crippen LogP contribution is -2.37. The van der Waals surface area contributed by atoms with Crippen molar-refractivity contribution >= 4 is 11.9 Å². The first-order valence-corrected chi connectivity index (χ1v) is 7.43. The molecule has 1 amide bonds. The lowest BCUT2D eigenvalue weighted by molar-refractivity contribution is 0.0576. The third-order valence-corrected chi connectivity index (χ3v) is 3.04. The number of carbonyl (C=O) groups excluding carboxylic acids is 1. The van der Waals surface area contributed by atoms with Crippen LogP contribution in [0, 0.1) is 0 Å². The van der Waals surface area contributed by atoms with E-state index in [-0.39, 0.29) is 0 Å². The number of nitrogens with zero attached hydrogens (tertiary/aromatic N) is 2. The van der Waals surface area contributed by atoms with Gasteiger partial charge in [0.1, 0.15) is 17.2 Å². The van der Waals surface area contributed by atoms with Gasteiger partial charge in [0.2, 0.25) is 0 Å². The van der Waals surface area contributed by atoms with Gasteiger partial charge in [-0.1, -0.05) is 18.2 Å². The van der Waals surface area contributed by atoms with Crippen LogP contribution >= 0.6 is 0 Å². The van der Waals surface area contributed by atoms with Gasteiger partial charge in [0.25, 0.3) is 0 Å². The van der Waals surface area contributed by atoms with Gasteiger partial charge in [-0.3, -0.25) is 4.90 Å². The van der Waals surface area contributed by atoms with Gasteiger partial charge in [-0.2, -0.15) is 0 Å². The Hall–Kier alpha value is -2.56. The van der Waals surface area contributed by atoms with Crippen LogP contribution in [-0.2, 0) is 11.3 Å². The topological polar surface area (TPSA) is 51.7 Å². The van der Waals surface area contributed by atoms with Gasteiger partial charge in [-0.25, -0.2) is 9.78 Å². The largest absolute Gasteiger partial charge is 0.497 e. The lowest BCUT2D eigenvalue weighted by atomic mass is 10.2. The van der Waals surface area contributed by atoms with Crippen LogP contribution in [-0.4, -0.2) is 23.8 Å². The van der Waals surface area contributed by atoms with Crippen LogP contribution in [0.1, 0.15) is 26.3 Å². The molecule has 0 unspecified atom stereocenters. The fraction of sp³-hybridized carbons (Fsp3) is 0.333. The maximum atomic E-state index is 12.5. The van der Waals surface area contributed by atoms with Crippen molar-refractivity contribution in [2.24, 2.45) is 0 Å². The molecular weight excluding hydrogens is 292 g/mol. The number of pyridine rings is 1. The molecule has 0 saturated carbocycles. The van der Waals surface area contributed by atoms with Gasteiger partial charge in [0, 0.05) is 6.20 Å². The summed E-state index contributed by atoms with van der Waals surface area (Å²) in [6.45, 7) is 5.90. The monoisotopic (exact) mass is 314 g/mol. The minimum atomic E-state index is -0.565. The average molecular weight is 314 g/mol. The predicted octanol–water partition coefficient (Wildman–Crippen LogP) is 4.03. The molecule has 0 fully saturated rings. The first kappa shape index (κ1) is 16.8. The van der Waals surface area contributed by atoms with E-state index in [0.717, 1.165) is 11.3 Å². The van der Waals surface area contributed by atoms with Crippen LogP contribution in [0.2, 0.25) is 0 Å². The van der Waals surface area contributed by atoms with Gasteiger partial charge in [-0.15, -0.1) is 0 Å². The number of benzene rings is 1. The average Bonchev–Trinajstić information content (AvgIpc) is 2.52. The van der Waals surface area contributed by atoms with Crippen molar-refractivity contribution < 1.29 is 14.3 Å². The Morgan fingerprint density at radius 2 is 1.83 bits per heavy atom. The molecule has 2 aromatic rings. The highest BCUT2D eigenvalue weighted by Gasteiger charge is 2.24. The molecule has 0 aliphatic carbocycles. The van der Waals surface area contributed by atoms with Crippen LogP contribution in [0.5, 0.6) is 5.75 Å². The molecule has 1 aromatic carbocycles. The van der Waals surface area contributed by atoms with Crippen molar-refractivity contribution in [3.8, 4) is 5.75 Å². The van der Waals surface area contributed by atoms with Crippen LogP contribution in [0.25, 0.3) is 0 Å². The van der Waals surface area contributed by atoms with E-state index in [1.165, 1.54) is 4.90 Å². The van der Waals surface area contributed by atoms with E-state index in [2.05, 4.69) is 4.98 Å². The summed E-state index contributed by atoms with van der Waals surface area (Å²) in [6.07, 6.45) is 1.23. The lowest BCUT2D eigenvalue weighted by Gasteiger charge is -2.26. The Kier molecular flexibility index (Phi) is 5.21. The Bertz CT molecular complexity index is 634. The molecule has 0 N–H and O–H groups in total. The summed E-state index contributed by atoms with van der Waals surface area (Å²) >= 11 is 0. The first-order chi connectivity index (χ1) is 10.9. The third-order valence-electron chi connectivity index (χ3n) is 3.04. The van der Waals surface area contributed by atoms with Crippen LogP contribution < -0.4 is 9.64 Å². The Morgan fingerprint density at radius 1 is 1.13 bits per heavy atom. The molecule has 0 radical (unpaired) electrons. The molecule has 0 spiro atoms. The number of rotatable bonds is 4. The number of carbonyl (C=O) groups is 1. The van der Waals surface area contributed by atoms with E-state index in [9.17, 15) is 4.79 Å². The molecule has 5 heteroatoms. The van der Waals surface area contributed by atoms with Gasteiger partial charge in [0.15, 0.2) is 0 Å². The molecular formula is C18H22N2O3. The number of methoxy groups -OCH3 is 1. The summed E-state index contributed by atoms with van der Waals surface area (Å²) in [7, 11) is 1.62. The normalized spacial score (nSPS) is 11.0. The van der Waals surface area contributed by atoms with Gasteiger partial charge in [-0.05, 0) is 50.6 Å². The van der Waals surface area contributed by atoms with E-state index < -0.39 is 11.7 Å². The van der Waals surface area contributed by atoms with Crippen molar-refractivity contribution in [3.05, 3.63) is 54.2 Å². The molecule has 2 rings (SSSR count). The highest BCUT2D eigenvalue weighted by Crippen LogP contribution is 2.20. The number of hydrogen-bond donors (Lipinski definition) is 0. The summed E-state index contributed by atoms with van der Waals surface area (Å²) in [4.78, 5) is 18.3. The number of aromatic nitrogens is 1. The van der Waals surface area contributed by atoms with Crippen molar-refractivity contribution in [3.63, 3.8) is 0 Å². The van der Waals surface area contributed by atoms with Crippen molar-refractivity contribution in [1.82, 2.24) is 4.98 Å². The van der Waals surface area contributed by atoms with Crippen molar-refractivity contribution in [1.29, 1.82) is 0 Å². The Balaban J connectivity index is 2.24. The van der Waals surface area contributed by atoms with Crippen LogP contribution in [0.15, 0.2) is 48.7 Å². The molecule has 0 aliphatic rings. The van der Waals surface area contributed by atoms with E-state index in [1.54, 1.807) is 19.4 Å². The van der Waals surface area contributed by atoms with E-state index >= 15 is 0 Å². The molecule has 122 valence electrons. The standard InChI is InChI=1S/C18H22N2O3/c1-18(2,3)23-17(21)20(16-7-5-6-12-19-16)13-14-8-10-15(22-4)11-9-14/h5-12H,13H2,1-4H3. The summed E-state index contributed by atoms with van der Waals surface area (Å²) in [5.74, 6) is 1.33. The number of amides is 1. The number of hydrogen-bond acceptors (Lipinski definition) is 4. The SMILES string of the molecule is COc1ccc(CN(C(=O)OC(C)(C)C)c2ccccn2)cc1. The summed E-state index contributed by atoms with van der Waals surface area (Å²) in [5.41, 5.74) is 0.395. The smallest absolute Gasteiger partial charge is 0.416 e. The highest BCUT2D eigenvalue weighted by molar-refractivity contribution is 5.86. The maximum Gasteiger partial charge on any atom is 0.416 e. The fourth-order valence-electron chi connectivity index (χ4n) is 1.98. The zero-order valence-corrected chi connectivity index (χ0v) is 13.9. The van der Waals surface area contributed by atoms with Crippen LogP contribution in [0.4, 0.5) is 10.6 Å². The number of anilines is 1. The molecule has 0 atom stereocenters. The summed E-state index contributed by atoms with van der Waals surface area (Å²) < 4.78 is 10.6. The predicted molar refractivity (Wildman–Crippen MR) is 89.6 cm³/mol. The molecule has 1 aromatic heterocycles. The highest BCUT2D eigenvalue weighted by atomic mass is 16.6. The molecule has 1 heterocycles. The molecule has 23 heavy (non-hydrogen) atoms. The summed E-state index contributed by atoms with van der Waals surface area (Å²) in [5, 5.41) is 0. The Morgan fingerprint density at radius 3 is 2.35 bits per heavy atom. The fourth-order valence-corrected chi connectivity index (χ4v) is 1.98.